The van der Waals surface area contributed by atoms with Crippen molar-refractivity contribution >= 4 is 41.5 Å². The minimum absolute atomic E-state index is 0. The van der Waals surface area contributed by atoms with E-state index in [2.05, 4.69) is 34.4 Å². The second kappa shape index (κ2) is 13.0. The Bertz CT molecular complexity index is 436. The van der Waals surface area contributed by atoms with Crippen LogP contribution in [0.1, 0.15) is 25.8 Å². The van der Waals surface area contributed by atoms with Gasteiger partial charge >= 0.3 is 0 Å². The van der Waals surface area contributed by atoms with Crippen LogP contribution >= 0.6 is 35.6 Å². The molecule has 0 spiro atoms. The minimum atomic E-state index is 0. The average molecular weight is 439 g/mol. The standard InChI is InChI=1S/C16H27ClN4.HI/c1-4-21(5-2)11-7-10-19-16(18-3)20-13-14-8-6-9-15(17)12-14;/h6,8-9,12H,4-5,7,10-11,13H2,1-3H3,(H2,18,19,20);1H. The van der Waals surface area contributed by atoms with Crippen molar-refractivity contribution in [1.82, 2.24) is 15.5 Å². The molecule has 0 bridgehead atoms. The van der Waals surface area contributed by atoms with Gasteiger partial charge in [-0.1, -0.05) is 37.6 Å². The summed E-state index contributed by atoms with van der Waals surface area (Å²) in [5.74, 6) is 0.828. The fraction of sp³-hybridized carbons (Fsp3) is 0.562. The lowest BCUT2D eigenvalue weighted by Crippen LogP contribution is -2.38. The van der Waals surface area contributed by atoms with Crippen molar-refractivity contribution in [3.63, 3.8) is 0 Å². The summed E-state index contributed by atoms with van der Waals surface area (Å²) in [6, 6.07) is 7.85. The van der Waals surface area contributed by atoms with Crippen molar-refractivity contribution in [1.29, 1.82) is 0 Å². The third kappa shape index (κ3) is 8.80. The first-order valence-electron chi connectivity index (χ1n) is 7.60. The Morgan fingerprint density at radius 2 is 1.95 bits per heavy atom. The Morgan fingerprint density at radius 3 is 2.55 bits per heavy atom. The molecule has 0 amide bonds. The number of halogens is 2. The predicted octanol–water partition coefficient (Wildman–Crippen LogP) is 3.35. The number of aliphatic imine (C=N–C) groups is 1. The van der Waals surface area contributed by atoms with Gasteiger partial charge < -0.3 is 15.5 Å². The molecule has 0 unspecified atom stereocenters. The van der Waals surface area contributed by atoms with Crippen molar-refractivity contribution in [2.75, 3.05) is 33.2 Å². The molecule has 0 saturated carbocycles. The lowest BCUT2D eigenvalue weighted by atomic mass is 10.2. The van der Waals surface area contributed by atoms with Gasteiger partial charge in [0, 0.05) is 25.2 Å². The van der Waals surface area contributed by atoms with E-state index in [9.17, 15) is 0 Å². The number of rotatable bonds is 8. The van der Waals surface area contributed by atoms with Gasteiger partial charge in [-0.3, -0.25) is 4.99 Å². The zero-order valence-electron chi connectivity index (χ0n) is 13.7. The molecule has 6 heteroatoms. The van der Waals surface area contributed by atoms with E-state index in [1.165, 1.54) is 0 Å². The molecule has 22 heavy (non-hydrogen) atoms. The third-order valence-electron chi connectivity index (χ3n) is 3.41. The molecule has 0 saturated heterocycles. The summed E-state index contributed by atoms with van der Waals surface area (Å²) < 4.78 is 0. The average Bonchev–Trinajstić information content (AvgIpc) is 2.50. The van der Waals surface area contributed by atoms with Crippen molar-refractivity contribution < 1.29 is 0 Å². The minimum Gasteiger partial charge on any atom is -0.356 e. The lowest BCUT2D eigenvalue weighted by Gasteiger charge is -2.18. The number of hydrogen-bond acceptors (Lipinski definition) is 2. The van der Waals surface area contributed by atoms with E-state index in [-0.39, 0.29) is 24.0 Å². The van der Waals surface area contributed by atoms with Crippen LogP contribution in [0, 0.1) is 0 Å². The number of hydrogen-bond donors (Lipinski definition) is 2. The van der Waals surface area contributed by atoms with Gasteiger partial charge in [0.05, 0.1) is 0 Å². The third-order valence-corrected chi connectivity index (χ3v) is 3.65. The Labute approximate surface area is 156 Å². The molecule has 1 aromatic carbocycles. The van der Waals surface area contributed by atoms with Gasteiger partial charge in [-0.2, -0.15) is 0 Å². The fourth-order valence-corrected chi connectivity index (χ4v) is 2.32. The van der Waals surface area contributed by atoms with Crippen molar-refractivity contribution in [2.45, 2.75) is 26.8 Å². The van der Waals surface area contributed by atoms with Crippen LogP contribution < -0.4 is 10.6 Å². The number of nitrogens with one attached hydrogen (secondary N) is 2. The molecule has 1 aromatic rings. The number of nitrogens with zero attached hydrogens (tertiary/aromatic N) is 2. The maximum Gasteiger partial charge on any atom is 0.191 e. The van der Waals surface area contributed by atoms with Gasteiger partial charge in [0.25, 0.3) is 0 Å². The molecule has 0 aromatic heterocycles. The molecule has 4 nitrogen and oxygen atoms in total. The summed E-state index contributed by atoms with van der Waals surface area (Å²) in [4.78, 5) is 6.65. The Hall–Kier alpha value is -0.530. The highest BCUT2D eigenvalue weighted by Gasteiger charge is 2.01. The van der Waals surface area contributed by atoms with Crippen molar-refractivity contribution in [3.05, 3.63) is 34.9 Å². The topological polar surface area (TPSA) is 39.7 Å². The van der Waals surface area contributed by atoms with E-state index in [1.807, 2.05) is 24.3 Å². The van der Waals surface area contributed by atoms with E-state index in [1.54, 1.807) is 7.05 Å². The molecule has 0 fully saturated rings. The predicted molar refractivity (Wildman–Crippen MR) is 107 cm³/mol. The monoisotopic (exact) mass is 438 g/mol. The van der Waals surface area contributed by atoms with Gasteiger partial charge in [-0.25, -0.2) is 0 Å². The van der Waals surface area contributed by atoms with Crippen LogP contribution in [0.15, 0.2) is 29.3 Å². The summed E-state index contributed by atoms with van der Waals surface area (Å²) >= 11 is 5.98. The SMILES string of the molecule is CCN(CC)CCCNC(=NC)NCc1cccc(Cl)c1.I. The van der Waals surface area contributed by atoms with E-state index in [0.717, 1.165) is 55.7 Å². The fourth-order valence-electron chi connectivity index (χ4n) is 2.10. The number of benzene rings is 1. The highest BCUT2D eigenvalue weighted by molar-refractivity contribution is 14.0. The first kappa shape index (κ1) is 21.5. The molecule has 126 valence electrons. The molecule has 0 atom stereocenters. The summed E-state index contributed by atoms with van der Waals surface area (Å²) in [6.07, 6.45) is 1.11. The maximum absolute atomic E-state index is 5.98. The van der Waals surface area contributed by atoms with E-state index < -0.39 is 0 Å². The zero-order chi connectivity index (χ0) is 15.5. The molecule has 0 aliphatic rings. The zero-order valence-corrected chi connectivity index (χ0v) is 16.8. The van der Waals surface area contributed by atoms with E-state index in [4.69, 9.17) is 11.6 Å². The summed E-state index contributed by atoms with van der Waals surface area (Å²) in [5.41, 5.74) is 1.15. The molecular formula is C16H28ClIN4. The highest BCUT2D eigenvalue weighted by Crippen LogP contribution is 2.10. The maximum atomic E-state index is 5.98. The summed E-state index contributed by atoms with van der Waals surface area (Å²) in [6.45, 7) is 9.37. The highest BCUT2D eigenvalue weighted by atomic mass is 127. The molecule has 1 rings (SSSR count). The van der Waals surface area contributed by atoms with Gasteiger partial charge in [0.15, 0.2) is 5.96 Å². The quantitative estimate of drug-likeness (QED) is 0.283. The van der Waals surface area contributed by atoms with Crippen LogP contribution in [0.25, 0.3) is 0 Å². The van der Waals surface area contributed by atoms with Crippen molar-refractivity contribution in [2.24, 2.45) is 4.99 Å². The first-order valence-corrected chi connectivity index (χ1v) is 7.98. The summed E-state index contributed by atoms with van der Waals surface area (Å²) in [5, 5.41) is 7.39. The van der Waals surface area contributed by atoms with Crippen LogP contribution in [0.3, 0.4) is 0 Å². The normalized spacial score (nSPS) is 11.2. The van der Waals surface area contributed by atoms with E-state index in [0.29, 0.717) is 0 Å². The molecule has 0 radical (unpaired) electrons. The van der Waals surface area contributed by atoms with Gasteiger partial charge in [-0.15, -0.1) is 24.0 Å². The van der Waals surface area contributed by atoms with Crippen LogP contribution in [-0.4, -0.2) is 44.1 Å². The van der Waals surface area contributed by atoms with Crippen LogP contribution in [0.5, 0.6) is 0 Å². The Morgan fingerprint density at radius 1 is 1.23 bits per heavy atom. The molecule has 0 aliphatic heterocycles. The molecule has 0 aliphatic carbocycles. The largest absolute Gasteiger partial charge is 0.356 e. The van der Waals surface area contributed by atoms with Gasteiger partial charge in [-0.05, 0) is 43.8 Å². The number of guanidine groups is 1. The molecule has 0 heterocycles. The van der Waals surface area contributed by atoms with Gasteiger partial charge in [0.1, 0.15) is 0 Å². The second-order valence-electron chi connectivity index (χ2n) is 4.86. The van der Waals surface area contributed by atoms with Crippen LogP contribution in [0.2, 0.25) is 5.02 Å². The summed E-state index contributed by atoms with van der Waals surface area (Å²) in [7, 11) is 1.79. The van der Waals surface area contributed by atoms with Crippen molar-refractivity contribution in [3.8, 4) is 0 Å². The van der Waals surface area contributed by atoms with Crippen LogP contribution in [-0.2, 0) is 6.54 Å². The second-order valence-corrected chi connectivity index (χ2v) is 5.30. The van der Waals surface area contributed by atoms with E-state index >= 15 is 0 Å². The van der Waals surface area contributed by atoms with Gasteiger partial charge in [0.2, 0.25) is 0 Å². The Balaban J connectivity index is 0.00000441. The van der Waals surface area contributed by atoms with Crippen LogP contribution in [0.4, 0.5) is 0 Å². The molecule has 2 N–H and O–H groups in total. The Kier molecular flexibility index (Phi) is 12.6. The first-order chi connectivity index (χ1) is 10.2. The smallest absolute Gasteiger partial charge is 0.191 e. The lowest BCUT2D eigenvalue weighted by molar-refractivity contribution is 0.300. The molecular weight excluding hydrogens is 411 g/mol.